The topological polar surface area (TPSA) is 111 Å². The van der Waals surface area contributed by atoms with E-state index in [1.165, 1.54) is 6.42 Å². The molecule has 3 N–H and O–H groups in total. The summed E-state index contributed by atoms with van der Waals surface area (Å²) in [6.07, 6.45) is 3.19. The molecule has 10 heteroatoms. The number of aryl methyl sites for hydroxylation is 1. The number of aromatic nitrogens is 3. The third-order valence-corrected chi connectivity index (χ3v) is 4.93. The fraction of sp³-hybridized carbons (Fsp3) is 0.500. The van der Waals surface area contributed by atoms with E-state index < -0.39 is 11.2 Å². The van der Waals surface area contributed by atoms with E-state index in [2.05, 4.69) is 20.3 Å². The van der Waals surface area contributed by atoms with Crippen molar-refractivity contribution in [2.24, 2.45) is 0 Å². The fourth-order valence-corrected chi connectivity index (χ4v) is 3.75. The Bertz CT molecular complexity index is 942. The maximum Gasteiger partial charge on any atom is 0.327 e. The smallest absolute Gasteiger partial charge is 0.327 e. The Kier molecular flexibility index (Phi) is 6.10. The van der Waals surface area contributed by atoms with Crippen molar-refractivity contribution in [1.82, 2.24) is 25.2 Å². The zero-order valence-electron chi connectivity index (χ0n) is 14.2. The quantitative estimate of drug-likeness (QED) is 0.652. The Balaban J connectivity index is 0.00000121. The highest BCUT2D eigenvalue weighted by Gasteiger charge is 2.32. The van der Waals surface area contributed by atoms with E-state index in [-0.39, 0.29) is 42.1 Å². The van der Waals surface area contributed by atoms with Crippen molar-refractivity contribution in [3.63, 3.8) is 0 Å². The van der Waals surface area contributed by atoms with E-state index in [0.717, 1.165) is 12.8 Å². The number of aromatic amines is 2. The van der Waals surface area contributed by atoms with Gasteiger partial charge in [0.05, 0.1) is 5.39 Å². The van der Waals surface area contributed by atoms with E-state index >= 15 is 0 Å². The molecule has 2 aromatic rings. The van der Waals surface area contributed by atoms with Gasteiger partial charge in [0.2, 0.25) is 0 Å². The molecule has 2 aromatic heterocycles. The lowest BCUT2D eigenvalue weighted by molar-refractivity contribution is 0.0742. The first-order valence-electron chi connectivity index (χ1n) is 8.20. The molecule has 2 atom stereocenters. The molecule has 1 amide bonds. The third kappa shape index (κ3) is 3.62. The molecule has 2 fully saturated rings. The number of fused-ring (bicyclic) bond motifs is 3. The monoisotopic (exact) mass is 401 g/mol. The predicted molar refractivity (Wildman–Crippen MR) is 103 cm³/mol. The number of H-pyrrole nitrogens is 2. The molecule has 0 aromatic carbocycles. The molecule has 2 aliphatic heterocycles. The summed E-state index contributed by atoms with van der Waals surface area (Å²) >= 11 is 0. The molecule has 2 unspecified atom stereocenters. The molecule has 2 bridgehead atoms. The number of hydrogen-bond donors (Lipinski definition) is 3. The second kappa shape index (κ2) is 7.77. The van der Waals surface area contributed by atoms with Gasteiger partial charge in [0.25, 0.3) is 11.5 Å². The molecular weight excluding hydrogens is 381 g/mol. The van der Waals surface area contributed by atoms with Crippen molar-refractivity contribution in [3.8, 4) is 0 Å². The van der Waals surface area contributed by atoms with Crippen LogP contribution in [0, 0.1) is 6.92 Å². The molecule has 0 spiro atoms. The van der Waals surface area contributed by atoms with Gasteiger partial charge in [-0.15, -0.1) is 24.8 Å². The summed E-state index contributed by atoms with van der Waals surface area (Å²) in [6.45, 7) is 3.10. The lowest BCUT2D eigenvalue weighted by Crippen LogP contribution is -2.39. The minimum Gasteiger partial charge on any atom is -0.336 e. The number of nitrogens with zero attached hydrogens (tertiary/aromatic N) is 2. The summed E-state index contributed by atoms with van der Waals surface area (Å²) in [4.78, 5) is 47.0. The van der Waals surface area contributed by atoms with Crippen LogP contribution in [0.1, 0.15) is 35.3 Å². The molecule has 4 heterocycles. The van der Waals surface area contributed by atoms with Gasteiger partial charge in [-0.2, -0.15) is 0 Å². The summed E-state index contributed by atoms with van der Waals surface area (Å²) in [5.74, 6) is -0.157. The van der Waals surface area contributed by atoms with Crippen molar-refractivity contribution < 1.29 is 4.79 Å². The highest BCUT2D eigenvalue weighted by Crippen LogP contribution is 2.22. The third-order valence-electron chi connectivity index (χ3n) is 4.93. The van der Waals surface area contributed by atoms with E-state index in [0.29, 0.717) is 36.1 Å². The molecule has 0 radical (unpaired) electrons. The standard InChI is InChI=1S/C16H19N5O3.2ClH/c1-8-6-11(18-13-12(8)14(22)20-16(24)19-13)15(23)21-5-4-9-2-3-10(7-21)17-9;;/h6,9-10,17H,2-5,7H2,1H3,(H2,18,19,20,22,24);2*1H. The molecule has 2 saturated heterocycles. The van der Waals surface area contributed by atoms with Gasteiger partial charge >= 0.3 is 5.69 Å². The number of carbonyl (C=O) groups is 1. The van der Waals surface area contributed by atoms with E-state index in [4.69, 9.17) is 0 Å². The molecule has 142 valence electrons. The number of carbonyl (C=O) groups excluding carboxylic acids is 1. The van der Waals surface area contributed by atoms with Gasteiger partial charge < -0.3 is 10.2 Å². The number of amides is 1. The maximum absolute atomic E-state index is 12.9. The molecule has 8 nitrogen and oxygen atoms in total. The summed E-state index contributed by atoms with van der Waals surface area (Å²) in [5.41, 5.74) is -0.0785. The zero-order valence-corrected chi connectivity index (χ0v) is 15.8. The van der Waals surface area contributed by atoms with Crippen molar-refractivity contribution >= 4 is 41.8 Å². The van der Waals surface area contributed by atoms with Crippen molar-refractivity contribution in [2.45, 2.75) is 38.3 Å². The average Bonchev–Trinajstić information content (AvgIpc) is 2.84. The van der Waals surface area contributed by atoms with Crippen LogP contribution in [0.4, 0.5) is 0 Å². The van der Waals surface area contributed by atoms with E-state index in [1.54, 1.807) is 13.0 Å². The molecule has 26 heavy (non-hydrogen) atoms. The SMILES string of the molecule is Cc1cc(C(=O)N2CCC3CCC(C2)N3)nc2[nH]c(=O)[nH]c(=O)c12.Cl.Cl. The summed E-state index contributed by atoms with van der Waals surface area (Å²) in [7, 11) is 0. The van der Waals surface area contributed by atoms with Gasteiger partial charge in [-0.05, 0) is 37.8 Å². The van der Waals surface area contributed by atoms with E-state index in [9.17, 15) is 14.4 Å². The van der Waals surface area contributed by atoms with Gasteiger partial charge in [-0.1, -0.05) is 0 Å². The predicted octanol–water partition coefficient (Wildman–Crippen LogP) is 0.730. The Morgan fingerprint density at radius 2 is 1.88 bits per heavy atom. The number of halogens is 2. The maximum atomic E-state index is 12.9. The molecule has 0 aliphatic carbocycles. The van der Waals surface area contributed by atoms with Crippen LogP contribution >= 0.6 is 24.8 Å². The second-order valence-electron chi connectivity index (χ2n) is 6.63. The van der Waals surface area contributed by atoms with Gasteiger partial charge in [0, 0.05) is 25.2 Å². The van der Waals surface area contributed by atoms with Crippen molar-refractivity contribution in [2.75, 3.05) is 13.1 Å². The van der Waals surface area contributed by atoms with Crippen LogP contribution in [-0.4, -0.2) is 50.9 Å². The van der Waals surface area contributed by atoms with Crippen LogP contribution in [0.5, 0.6) is 0 Å². The fourth-order valence-electron chi connectivity index (χ4n) is 3.75. The molecular formula is C16H21Cl2N5O3. The van der Waals surface area contributed by atoms with Gasteiger partial charge in [-0.25, -0.2) is 9.78 Å². The van der Waals surface area contributed by atoms with Crippen LogP contribution in [0.2, 0.25) is 0 Å². The Labute approximate surface area is 161 Å². The largest absolute Gasteiger partial charge is 0.336 e. The lowest BCUT2D eigenvalue weighted by atomic mass is 10.1. The number of nitrogens with one attached hydrogen (secondary N) is 3. The summed E-state index contributed by atoms with van der Waals surface area (Å²) in [5, 5.41) is 3.85. The van der Waals surface area contributed by atoms with Crippen LogP contribution < -0.4 is 16.6 Å². The highest BCUT2D eigenvalue weighted by molar-refractivity contribution is 5.95. The second-order valence-corrected chi connectivity index (χ2v) is 6.63. The van der Waals surface area contributed by atoms with Crippen LogP contribution in [-0.2, 0) is 0 Å². The Hall–Kier alpha value is -1.90. The minimum atomic E-state index is -0.625. The van der Waals surface area contributed by atoms with Gasteiger partial charge in [-0.3, -0.25) is 19.6 Å². The molecule has 0 saturated carbocycles. The normalized spacial score (nSPS) is 21.7. The van der Waals surface area contributed by atoms with E-state index in [1.807, 2.05) is 4.90 Å². The van der Waals surface area contributed by atoms with Crippen molar-refractivity contribution in [3.05, 3.63) is 38.2 Å². The van der Waals surface area contributed by atoms with Crippen LogP contribution in [0.15, 0.2) is 15.7 Å². The molecule has 4 rings (SSSR count). The van der Waals surface area contributed by atoms with Gasteiger partial charge in [0.15, 0.2) is 0 Å². The first kappa shape index (κ1) is 20.4. The first-order valence-corrected chi connectivity index (χ1v) is 8.20. The van der Waals surface area contributed by atoms with Crippen LogP contribution in [0.3, 0.4) is 0 Å². The molecule has 2 aliphatic rings. The minimum absolute atomic E-state index is 0. The first-order chi connectivity index (χ1) is 11.5. The summed E-state index contributed by atoms with van der Waals surface area (Å²) in [6, 6.07) is 2.45. The zero-order chi connectivity index (χ0) is 16.8. The van der Waals surface area contributed by atoms with Crippen molar-refractivity contribution in [1.29, 1.82) is 0 Å². The number of hydrogen-bond acceptors (Lipinski definition) is 5. The number of pyridine rings is 1. The van der Waals surface area contributed by atoms with Gasteiger partial charge in [0.1, 0.15) is 11.3 Å². The van der Waals surface area contributed by atoms with Crippen LogP contribution in [0.25, 0.3) is 11.0 Å². The summed E-state index contributed by atoms with van der Waals surface area (Å²) < 4.78 is 0. The average molecular weight is 402 g/mol. The Morgan fingerprint density at radius 3 is 2.65 bits per heavy atom. The highest BCUT2D eigenvalue weighted by atomic mass is 35.5. The Morgan fingerprint density at radius 1 is 1.15 bits per heavy atom. The lowest BCUT2D eigenvalue weighted by Gasteiger charge is -2.24. The number of rotatable bonds is 1. The number of likely N-dealkylation sites (tertiary alicyclic amines) is 1.